The second-order valence-corrected chi connectivity index (χ2v) is 7.94. The van der Waals surface area contributed by atoms with Crippen LogP contribution in [0, 0.1) is 13.8 Å². The first-order chi connectivity index (χ1) is 15.3. The summed E-state index contributed by atoms with van der Waals surface area (Å²) in [6.45, 7) is 3.99. The third-order valence-electron chi connectivity index (χ3n) is 5.15. The Morgan fingerprint density at radius 3 is 2.47 bits per heavy atom. The molecule has 0 unspecified atom stereocenters. The van der Waals surface area contributed by atoms with E-state index in [9.17, 15) is 9.90 Å². The predicted octanol–water partition coefficient (Wildman–Crippen LogP) is 5.38. The normalized spacial score (nSPS) is 10.9. The van der Waals surface area contributed by atoms with Crippen molar-refractivity contribution < 1.29 is 9.90 Å². The van der Waals surface area contributed by atoms with E-state index in [-0.39, 0.29) is 6.54 Å². The summed E-state index contributed by atoms with van der Waals surface area (Å²) in [5.41, 5.74) is 11.9. The number of fused-ring (bicyclic) bond motifs is 1. The van der Waals surface area contributed by atoms with Gasteiger partial charge in [0.05, 0.1) is 17.2 Å². The number of nitrogens with one attached hydrogen (secondary N) is 2. The Kier molecular flexibility index (Phi) is 5.94. The number of anilines is 2. The van der Waals surface area contributed by atoms with E-state index in [0.717, 1.165) is 27.8 Å². The molecule has 0 fully saturated rings. The van der Waals surface area contributed by atoms with Crippen molar-refractivity contribution in [1.82, 2.24) is 9.97 Å². The summed E-state index contributed by atoms with van der Waals surface area (Å²) in [5, 5.41) is 16.0. The lowest BCUT2D eigenvalue weighted by atomic mass is 9.99. The van der Waals surface area contributed by atoms with Crippen LogP contribution >= 0.6 is 11.6 Å². The summed E-state index contributed by atoms with van der Waals surface area (Å²) in [4.78, 5) is 21.4. The van der Waals surface area contributed by atoms with Crippen molar-refractivity contribution in [2.75, 3.05) is 10.6 Å². The fourth-order valence-corrected chi connectivity index (χ4v) is 3.66. The van der Waals surface area contributed by atoms with Crippen LogP contribution < -0.4 is 16.4 Å². The van der Waals surface area contributed by atoms with Gasteiger partial charge in [-0.05, 0) is 78.1 Å². The van der Waals surface area contributed by atoms with Crippen LogP contribution in [0.2, 0.25) is 5.02 Å². The number of carbonyl (C=O) groups excluding carboxylic acids is 1. The topological polar surface area (TPSA) is 113 Å². The van der Waals surface area contributed by atoms with E-state index >= 15 is 0 Å². The number of carbonyl (C=O) groups is 1. The number of hydrogen-bond donors (Lipinski definition) is 4. The summed E-state index contributed by atoms with van der Waals surface area (Å²) in [6, 6.07) is 14.2. The monoisotopic (exact) mass is 447 g/mol. The molecule has 0 spiro atoms. The van der Waals surface area contributed by atoms with Crippen molar-refractivity contribution in [3.63, 3.8) is 0 Å². The van der Waals surface area contributed by atoms with Crippen LogP contribution in [0.3, 0.4) is 0 Å². The van der Waals surface area contributed by atoms with Crippen LogP contribution in [0.1, 0.15) is 16.7 Å². The molecule has 0 saturated heterocycles. The molecule has 0 atom stereocenters. The van der Waals surface area contributed by atoms with Gasteiger partial charge in [-0.2, -0.15) is 0 Å². The number of nitrogens with two attached hydrogens (primary N) is 1. The van der Waals surface area contributed by atoms with Crippen molar-refractivity contribution in [3.8, 4) is 16.9 Å². The molecule has 0 aliphatic rings. The number of halogens is 1. The third kappa shape index (κ3) is 4.49. The maximum Gasteiger partial charge on any atom is 0.324 e. The minimum Gasteiger partial charge on any atom is -0.507 e. The van der Waals surface area contributed by atoms with Gasteiger partial charge < -0.3 is 16.2 Å². The molecule has 1 heterocycles. The first kappa shape index (κ1) is 21.5. The molecule has 0 aliphatic carbocycles. The van der Waals surface area contributed by atoms with E-state index < -0.39 is 6.03 Å². The summed E-state index contributed by atoms with van der Waals surface area (Å²) in [5.74, 6) is 0.603. The van der Waals surface area contributed by atoms with Crippen molar-refractivity contribution >= 4 is 40.2 Å². The number of aromatic nitrogens is 2. The van der Waals surface area contributed by atoms with Crippen LogP contribution in [0.25, 0.3) is 22.2 Å². The number of urea groups is 1. The maximum atomic E-state index is 12.5. The summed E-state index contributed by atoms with van der Waals surface area (Å²) in [7, 11) is 0. The zero-order valence-corrected chi connectivity index (χ0v) is 18.4. The molecule has 7 nitrogen and oxygen atoms in total. The van der Waals surface area contributed by atoms with E-state index in [0.29, 0.717) is 33.3 Å². The quantitative estimate of drug-likeness (QED) is 0.335. The molecule has 2 amide bonds. The smallest absolute Gasteiger partial charge is 0.324 e. The van der Waals surface area contributed by atoms with Crippen molar-refractivity contribution in [2.45, 2.75) is 20.4 Å². The minimum absolute atomic E-state index is 0.265. The number of aromatic hydroxyl groups is 1. The Labute approximate surface area is 190 Å². The highest BCUT2D eigenvalue weighted by Gasteiger charge is 2.10. The number of phenolic OH excluding ortho intramolecular Hbond substituents is 1. The lowest BCUT2D eigenvalue weighted by molar-refractivity contribution is 0.262. The van der Waals surface area contributed by atoms with Gasteiger partial charge >= 0.3 is 6.03 Å². The molecule has 1 aromatic heterocycles. The van der Waals surface area contributed by atoms with Gasteiger partial charge in [0.1, 0.15) is 5.75 Å². The number of amides is 2. The van der Waals surface area contributed by atoms with E-state index in [4.69, 9.17) is 17.3 Å². The molecular weight excluding hydrogens is 426 g/mol. The number of benzene rings is 3. The fraction of sp³-hybridized carbons (Fsp3) is 0.125. The van der Waals surface area contributed by atoms with Crippen LogP contribution in [0.4, 0.5) is 16.3 Å². The highest BCUT2D eigenvalue weighted by atomic mass is 35.5. The second-order valence-electron chi connectivity index (χ2n) is 7.50. The Balaban J connectivity index is 1.59. The zero-order chi connectivity index (χ0) is 22.8. The molecule has 8 heteroatoms. The van der Waals surface area contributed by atoms with Gasteiger partial charge in [0.2, 0.25) is 0 Å². The van der Waals surface area contributed by atoms with Crippen LogP contribution in [-0.4, -0.2) is 21.1 Å². The lowest BCUT2D eigenvalue weighted by Gasteiger charge is -2.12. The van der Waals surface area contributed by atoms with Gasteiger partial charge in [0.15, 0.2) is 5.82 Å². The molecule has 4 aromatic rings. The van der Waals surface area contributed by atoms with Crippen molar-refractivity contribution in [3.05, 3.63) is 76.4 Å². The van der Waals surface area contributed by atoms with E-state index in [1.165, 1.54) is 6.20 Å². The first-order valence-corrected chi connectivity index (χ1v) is 10.4. The zero-order valence-electron chi connectivity index (χ0n) is 17.6. The second kappa shape index (κ2) is 8.82. The van der Waals surface area contributed by atoms with Gasteiger partial charge in [0.25, 0.3) is 0 Å². The Morgan fingerprint density at radius 2 is 1.75 bits per heavy atom. The number of aryl methyl sites for hydroxylation is 2. The molecule has 32 heavy (non-hydrogen) atoms. The van der Waals surface area contributed by atoms with Gasteiger partial charge in [-0.3, -0.25) is 10.3 Å². The Morgan fingerprint density at radius 1 is 1.00 bits per heavy atom. The van der Waals surface area contributed by atoms with Gasteiger partial charge in [-0.15, -0.1) is 0 Å². The van der Waals surface area contributed by atoms with Crippen LogP contribution in [-0.2, 0) is 6.54 Å². The fourth-order valence-electron chi connectivity index (χ4n) is 3.49. The minimum atomic E-state index is -0.475. The van der Waals surface area contributed by atoms with Gasteiger partial charge in [-0.25, -0.2) is 9.78 Å². The highest BCUT2D eigenvalue weighted by Crippen LogP contribution is 2.30. The number of phenols is 1. The SMILES string of the molecule is Cc1cc(-c2ccc3ncc(NC(=O)Nc4cc(Cl)ccc4CN)nc3c2)cc(C)c1O. The predicted molar refractivity (Wildman–Crippen MR) is 128 cm³/mol. The van der Waals surface area contributed by atoms with E-state index in [2.05, 4.69) is 20.6 Å². The molecule has 0 aliphatic heterocycles. The largest absolute Gasteiger partial charge is 0.507 e. The van der Waals surface area contributed by atoms with Crippen molar-refractivity contribution in [2.24, 2.45) is 5.73 Å². The summed E-state index contributed by atoms with van der Waals surface area (Å²) < 4.78 is 0. The van der Waals surface area contributed by atoms with Crippen LogP contribution in [0.15, 0.2) is 54.7 Å². The Hall–Kier alpha value is -3.68. The molecular formula is C24H22ClN5O2. The molecule has 162 valence electrons. The number of hydrogen-bond acceptors (Lipinski definition) is 5. The molecule has 3 aromatic carbocycles. The molecule has 0 saturated carbocycles. The maximum absolute atomic E-state index is 12.5. The molecule has 0 bridgehead atoms. The van der Waals surface area contributed by atoms with Crippen LogP contribution in [0.5, 0.6) is 5.75 Å². The molecule has 4 rings (SSSR count). The lowest BCUT2D eigenvalue weighted by Crippen LogP contribution is -2.21. The first-order valence-electron chi connectivity index (χ1n) is 9.98. The average Bonchev–Trinajstić information content (AvgIpc) is 2.76. The average molecular weight is 448 g/mol. The number of nitrogens with zero attached hydrogens (tertiary/aromatic N) is 2. The van der Waals surface area contributed by atoms with Gasteiger partial charge in [-0.1, -0.05) is 23.7 Å². The Bertz CT molecular complexity index is 1320. The summed E-state index contributed by atoms with van der Waals surface area (Å²) >= 11 is 6.03. The van der Waals surface area contributed by atoms with E-state index in [1.54, 1.807) is 18.2 Å². The standard InChI is InChI=1S/C24H22ClN5O2/c1-13-7-17(8-14(2)23(13)31)15-4-6-19-21(9-15)28-22(12-27-19)30-24(32)29-20-10-18(25)5-3-16(20)11-26/h3-10,12,31H,11,26H2,1-2H3,(H2,28,29,30,32). The van der Waals surface area contributed by atoms with Gasteiger partial charge in [0, 0.05) is 17.3 Å². The molecule has 5 N–H and O–H groups in total. The van der Waals surface area contributed by atoms with Crippen molar-refractivity contribution in [1.29, 1.82) is 0 Å². The highest BCUT2D eigenvalue weighted by molar-refractivity contribution is 6.31. The van der Waals surface area contributed by atoms with E-state index in [1.807, 2.05) is 44.2 Å². The summed E-state index contributed by atoms with van der Waals surface area (Å²) in [6.07, 6.45) is 1.50. The number of rotatable bonds is 4. The molecule has 0 radical (unpaired) electrons. The third-order valence-corrected chi connectivity index (χ3v) is 5.38.